The van der Waals surface area contributed by atoms with Crippen molar-refractivity contribution in [2.24, 2.45) is 17.8 Å². The Kier molecular flexibility index (Phi) is 8.29. The molecule has 6 aromatic carbocycles. The fourth-order valence-corrected chi connectivity index (χ4v) is 11.1. The number of fused-ring (bicyclic) bond motifs is 5. The maximum absolute atomic E-state index is 10.3. The molecule has 3 aliphatic rings. The second-order valence-electron chi connectivity index (χ2n) is 16.8. The van der Waals surface area contributed by atoms with Crippen LogP contribution in [0.1, 0.15) is 79.3 Å². The normalized spacial score (nSPS) is 23.5. The van der Waals surface area contributed by atoms with E-state index in [0.29, 0.717) is 34.9 Å². The average Bonchev–Trinajstić information content (AvgIpc) is 3.54. The largest absolute Gasteiger partial charge is 0.208 e. The molecule has 0 aliphatic heterocycles. The summed E-state index contributed by atoms with van der Waals surface area (Å²) in [4.78, 5) is 15.3. The topological polar surface area (TPSA) is 62.5 Å². The summed E-state index contributed by atoms with van der Waals surface area (Å²) in [6.07, 6.45) is 6.43. The van der Waals surface area contributed by atoms with Crippen LogP contribution in [-0.4, -0.2) is 15.0 Å². The molecule has 2 bridgehead atoms. The molecule has 3 aliphatic carbocycles. The van der Waals surface area contributed by atoms with Crippen LogP contribution in [0.15, 0.2) is 152 Å². The molecule has 10 rings (SSSR count). The first-order valence-electron chi connectivity index (χ1n) is 20.2. The maximum Gasteiger partial charge on any atom is 0.164 e. The van der Waals surface area contributed by atoms with Crippen molar-refractivity contribution in [3.63, 3.8) is 0 Å². The Labute approximate surface area is 330 Å². The average molecular weight is 725 g/mol. The molecule has 0 radical (unpaired) electrons. The minimum absolute atomic E-state index is 0.165. The number of aromatic nitrogens is 3. The van der Waals surface area contributed by atoms with Crippen molar-refractivity contribution in [2.75, 3.05) is 0 Å². The van der Waals surface area contributed by atoms with Crippen LogP contribution in [0.4, 0.5) is 0 Å². The van der Waals surface area contributed by atoms with Crippen LogP contribution < -0.4 is 0 Å². The molecule has 2 saturated carbocycles. The van der Waals surface area contributed by atoms with E-state index in [1.165, 1.54) is 65.5 Å². The first-order chi connectivity index (χ1) is 27.4. The molecular weight excluding hydrogens is 681 g/mol. The summed E-state index contributed by atoms with van der Waals surface area (Å²) < 4.78 is 0. The van der Waals surface area contributed by atoms with Gasteiger partial charge in [-0.05, 0) is 112 Å². The Morgan fingerprint density at radius 2 is 1.04 bits per heavy atom. The standard InChI is InChI=1S/C52H44N4/c1-34-25-37-26-35(2)31-51(30-34,32-37)42-22-24-45-44-23-21-40(50-55-48(38-14-6-3-7-15-38)54-49(56-50)39-16-8-4-9-17-39)28-46(44)52(47(45)29-42,41-18-10-5-11-19-41)43-20-12-13-36(27-43)33-53/h3-24,27-29,34-35,37H,25-26,30-32H2,1-2H3/t34-,35+,37?,51?,52?. The van der Waals surface area contributed by atoms with Gasteiger partial charge in [0.1, 0.15) is 0 Å². The predicted octanol–water partition coefficient (Wildman–Crippen LogP) is 12.2. The molecule has 5 atom stereocenters. The molecule has 3 unspecified atom stereocenters. The zero-order valence-electron chi connectivity index (χ0n) is 32.0. The van der Waals surface area contributed by atoms with Gasteiger partial charge in [0.25, 0.3) is 0 Å². The molecule has 2 fully saturated rings. The first-order valence-corrected chi connectivity index (χ1v) is 20.2. The number of nitrogens with zero attached hydrogens (tertiary/aromatic N) is 4. The van der Waals surface area contributed by atoms with Gasteiger partial charge in [-0.2, -0.15) is 5.26 Å². The third kappa shape index (κ3) is 5.60. The molecule has 7 aromatic rings. The highest BCUT2D eigenvalue weighted by Gasteiger charge is 2.49. The smallest absolute Gasteiger partial charge is 0.164 e. The van der Waals surface area contributed by atoms with Gasteiger partial charge in [0.15, 0.2) is 17.5 Å². The van der Waals surface area contributed by atoms with E-state index in [2.05, 4.69) is 123 Å². The van der Waals surface area contributed by atoms with Gasteiger partial charge in [0, 0.05) is 16.7 Å². The van der Waals surface area contributed by atoms with Crippen LogP contribution in [0.5, 0.6) is 0 Å². The highest BCUT2D eigenvalue weighted by molar-refractivity contribution is 5.88. The fraction of sp³-hybridized carbons (Fsp3) is 0.231. The van der Waals surface area contributed by atoms with E-state index < -0.39 is 5.41 Å². The lowest BCUT2D eigenvalue weighted by Gasteiger charge is -2.50. The van der Waals surface area contributed by atoms with Gasteiger partial charge in [-0.15, -0.1) is 0 Å². The van der Waals surface area contributed by atoms with E-state index in [1.54, 1.807) is 0 Å². The Hall–Kier alpha value is -6.18. The molecule has 272 valence electrons. The minimum atomic E-state index is -0.682. The lowest BCUT2D eigenvalue weighted by atomic mass is 9.54. The monoisotopic (exact) mass is 724 g/mol. The lowest BCUT2D eigenvalue weighted by Crippen LogP contribution is -2.42. The summed E-state index contributed by atoms with van der Waals surface area (Å²) in [5.41, 5.74) is 11.6. The second kappa shape index (κ2) is 13.5. The summed E-state index contributed by atoms with van der Waals surface area (Å²) in [5.74, 6) is 4.11. The quantitative estimate of drug-likeness (QED) is 0.171. The van der Waals surface area contributed by atoms with Gasteiger partial charge in [-0.25, -0.2) is 15.0 Å². The second-order valence-corrected chi connectivity index (χ2v) is 16.8. The van der Waals surface area contributed by atoms with Crippen LogP contribution in [0.3, 0.4) is 0 Å². The Morgan fingerprint density at radius 3 is 1.64 bits per heavy atom. The van der Waals surface area contributed by atoms with Crippen LogP contribution in [0.2, 0.25) is 0 Å². The van der Waals surface area contributed by atoms with E-state index in [4.69, 9.17) is 15.0 Å². The van der Waals surface area contributed by atoms with E-state index >= 15 is 0 Å². The lowest BCUT2D eigenvalue weighted by molar-refractivity contribution is 0.0780. The van der Waals surface area contributed by atoms with E-state index in [1.807, 2.05) is 48.5 Å². The van der Waals surface area contributed by atoms with Gasteiger partial charge in [-0.1, -0.05) is 147 Å². The summed E-state index contributed by atoms with van der Waals surface area (Å²) in [6.45, 7) is 4.94. The van der Waals surface area contributed by atoms with Gasteiger partial charge in [0.2, 0.25) is 0 Å². The van der Waals surface area contributed by atoms with Crippen molar-refractivity contribution in [1.29, 1.82) is 5.26 Å². The molecule has 1 heterocycles. The van der Waals surface area contributed by atoms with Crippen molar-refractivity contribution in [3.05, 3.63) is 185 Å². The summed E-state index contributed by atoms with van der Waals surface area (Å²) in [7, 11) is 0. The Bertz CT molecular complexity index is 2550. The van der Waals surface area contributed by atoms with Crippen LogP contribution in [0.25, 0.3) is 45.3 Å². The van der Waals surface area contributed by atoms with Crippen molar-refractivity contribution in [3.8, 4) is 51.4 Å². The molecule has 4 nitrogen and oxygen atoms in total. The number of benzene rings is 6. The molecule has 0 N–H and O–H groups in total. The molecule has 0 amide bonds. The Morgan fingerprint density at radius 1 is 0.500 bits per heavy atom. The van der Waals surface area contributed by atoms with Crippen molar-refractivity contribution in [1.82, 2.24) is 15.0 Å². The molecular formula is C52H44N4. The molecule has 0 saturated heterocycles. The van der Waals surface area contributed by atoms with Crippen LogP contribution in [0, 0.1) is 29.1 Å². The highest BCUT2D eigenvalue weighted by Crippen LogP contribution is 2.60. The third-order valence-corrected chi connectivity index (χ3v) is 13.0. The van der Waals surface area contributed by atoms with Gasteiger partial charge < -0.3 is 0 Å². The van der Waals surface area contributed by atoms with Crippen molar-refractivity contribution >= 4 is 0 Å². The summed E-state index contributed by atoms with van der Waals surface area (Å²) in [6, 6.07) is 56.2. The first kappa shape index (κ1) is 34.3. The predicted molar refractivity (Wildman–Crippen MR) is 225 cm³/mol. The van der Waals surface area contributed by atoms with Crippen molar-refractivity contribution < 1.29 is 0 Å². The molecule has 1 aromatic heterocycles. The van der Waals surface area contributed by atoms with E-state index in [0.717, 1.165) is 28.2 Å². The highest BCUT2D eigenvalue weighted by atomic mass is 15.0. The summed E-state index contributed by atoms with van der Waals surface area (Å²) >= 11 is 0. The molecule has 56 heavy (non-hydrogen) atoms. The van der Waals surface area contributed by atoms with Crippen LogP contribution in [-0.2, 0) is 10.8 Å². The number of rotatable bonds is 6. The number of hydrogen-bond donors (Lipinski definition) is 0. The van der Waals surface area contributed by atoms with Crippen LogP contribution >= 0.6 is 0 Å². The van der Waals surface area contributed by atoms with Gasteiger partial charge in [0.05, 0.1) is 17.0 Å². The van der Waals surface area contributed by atoms with Gasteiger partial charge >= 0.3 is 0 Å². The maximum atomic E-state index is 10.3. The van der Waals surface area contributed by atoms with E-state index in [-0.39, 0.29) is 5.41 Å². The zero-order valence-corrected chi connectivity index (χ0v) is 32.0. The van der Waals surface area contributed by atoms with E-state index in [9.17, 15) is 5.26 Å². The SMILES string of the molecule is C[C@@H]1CC2C[C@H](C)CC(c3ccc4c(c3)C(c3ccccc3)(c3cccc(C#N)c3)c3cc(-c5nc(-c6ccccc6)nc(-c6ccccc6)n5)ccc3-4)(C2)C1. The Balaban J connectivity index is 1.24. The number of nitriles is 1. The third-order valence-electron chi connectivity index (χ3n) is 13.0. The molecule has 4 heteroatoms. The molecule has 0 spiro atoms. The van der Waals surface area contributed by atoms with Crippen molar-refractivity contribution in [2.45, 2.75) is 56.8 Å². The zero-order chi connectivity index (χ0) is 37.9. The fourth-order valence-electron chi connectivity index (χ4n) is 11.1. The number of hydrogen-bond acceptors (Lipinski definition) is 4. The summed E-state index contributed by atoms with van der Waals surface area (Å²) in [5, 5.41) is 10.3. The minimum Gasteiger partial charge on any atom is -0.208 e. The van der Waals surface area contributed by atoms with Gasteiger partial charge in [-0.3, -0.25) is 0 Å².